The van der Waals surface area contributed by atoms with Gasteiger partial charge < -0.3 is 5.32 Å². The van der Waals surface area contributed by atoms with Gasteiger partial charge in [-0.1, -0.05) is 5.92 Å². The summed E-state index contributed by atoms with van der Waals surface area (Å²) in [6, 6.07) is 6.73. The van der Waals surface area contributed by atoms with E-state index in [0.29, 0.717) is 17.8 Å². The van der Waals surface area contributed by atoms with Crippen LogP contribution < -0.4 is 10.6 Å². The van der Waals surface area contributed by atoms with Gasteiger partial charge in [0.2, 0.25) is 5.91 Å². The van der Waals surface area contributed by atoms with E-state index < -0.39 is 0 Å². The van der Waals surface area contributed by atoms with Gasteiger partial charge in [0.05, 0.1) is 13.1 Å². The molecule has 0 heterocycles. The number of ketones is 1. The standard InChI is InChI=1S/C13H14N2O2/c1-3-8-14-9-13(17)15-12-6-4-11(5-7-12)10(2)16/h1,4-7,14H,8-9H2,2H3,(H,15,17). The predicted molar refractivity (Wildman–Crippen MR) is 66.8 cm³/mol. The number of rotatable bonds is 5. The van der Waals surface area contributed by atoms with Gasteiger partial charge in [0.15, 0.2) is 5.78 Å². The van der Waals surface area contributed by atoms with Crippen molar-refractivity contribution < 1.29 is 9.59 Å². The van der Waals surface area contributed by atoms with E-state index in [9.17, 15) is 9.59 Å². The fraction of sp³-hybridized carbons (Fsp3) is 0.231. The Labute approximate surface area is 100 Å². The summed E-state index contributed by atoms with van der Waals surface area (Å²) in [5, 5.41) is 5.47. The highest BCUT2D eigenvalue weighted by Gasteiger charge is 2.02. The largest absolute Gasteiger partial charge is 0.325 e. The Hall–Kier alpha value is -2.12. The zero-order chi connectivity index (χ0) is 12.7. The number of hydrogen-bond acceptors (Lipinski definition) is 3. The Balaban J connectivity index is 2.49. The number of benzene rings is 1. The minimum Gasteiger partial charge on any atom is -0.325 e. The summed E-state index contributed by atoms with van der Waals surface area (Å²) >= 11 is 0. The van der Waals surface area contributed by atoms with Gasteiger partial charge in [-0.25, -0.2) is 0 Å². The number of amides is 1. The third-order valence-electron chi connectivity index (χ3n) is 2.09. The number of hydrogen-bond donors (Lipinski definition) is 2. The molecule has 4 heteroatoms. The molecule has 1 amide bonds. The quantitative estimate of drug-likeness (QED) is 0.451. The van der Waals surface area contributed by atoms with Gasteiger partial charge in [-0.15, -0.1) is 6.42 Å². The van der Waals surface area contributed by atoms with Crippen molar-refractivity contribution in [1.82, 2.24) is 5.32 Å². The fourth-order valence-corrected chi connectivity index (χ4v) is 1.24. The van der Waals surface area contributed by atoms with Crippen LogP contribution >= 0.6 is 0 Å². The van der Waals surface area contributed by atoms with Crippen LogP contribution in [0.4, 0.5) is 5.69 Å². The SMILES string of the molecule is C#CCNCC(=O)Nc1ccc(C(C)=O)cc1. The first-order chi connectivity index (χ1) is 8.13. The van der Waals surface area contributed by atoms with Gasteiger partial charge in [0.1, 0.15) is 0 Å². The van der Waals surface area contributed by atoms with Crippen LogP contribution in [0.5, 0.6) is 0 Å². The Morgan fingerprint density at radius 3 is 2.47 bits per heavy atom. The van der Waals surface area contributed by atoms with Gasteiger partial charge in [0, 0.05) is 11.3 Å². The van der Waals surface area contributed by atoms with E-state index in [2.05, 4.69) is 16.6 Å². The molecule has 17 heavy (non-hydrogen) atoms. The van der Waals surface area contributed by atoms with Gasteiger partial charge in [0.25, 0.3) is 0 Å². The normalized spacial score (nSPS) is 9.41. The molecule has 0 saturated carbocycles. The first kappa shape index (κ1) is 12.9. The van der Waals surface area contributed by atoms with Crippen molar-refractivity contribution in [2.75, 3.05) is 18.4 Å². The molecular formula is C13H14N2O2. The second-order valence-electron chi connectivity index (χ2n) is 3.49. The van der Waals surface area contributed by atoms with Crippen molar-refractivity contribution in [3.63, 3.8) is 0 Å². The predicted octanol–water partition coefficient (Wildman–Crippen LogP) is 1.05. The van der Waals surface area contributed by atoms with E-state index in [0.717, 1.165) is 0 Å². The average Bonchev–Trinajstić information content (AvgIpc) is 2.30. The molecule has 1 aromatic carbocycles. The van der Waals surface area contributed by atoms with Crippen LogP contribution in [0, 0.1) is 12.3 Å². The first-order valence-electron chi connectivity index (χ1n) is 5.18. The van der Waals surface area contributed by atoms with E-state index in [1.54, 1.807) is 24.3 Å². The molecule has 0 atom stereocenters. The maximum atomic E-state index is 11.4. The van der Waals surface area contributed by atoms with Crippen molar-refractivity contribution in [1.29, 1.82) is 0 Å². The molecule has 1 rings (SSSR count). The molecule has 88 valence electrons. The second kappa shape index (κ2) is 6.46. The zero-order valence-electron chi connectivity index (χ0n) is 9.62. The average molecular weight is 230 g/mol. The van der Waals surface area contributed by atoms with Crippen molar-refractivity contribution in [3.05, 3.63) is 29.8 Å². The van der Waals surface area contributed by atoms with Crippen molar-refractivity contribution >= 4 is 17.4 Å². The number of carbonyl (C=O) groups excluding carboxylic acids is 2. The van der Waals surface area contributed by atoms with Crippen LogP contribution in [-0.4, -0.2) is 24.8 Å². The van der Waals surface area contributed by atoms with Crippen molar-refractivity contribution in [2.45, 2.75) is 6.92 Å². The summed E-state index contributed by atoms with van der Waals surface area (Å²) in [5.74, 6) is 2.21. The third-order valence-corrected chi connectivity index (χ3v) is 2.09. The maximum Gasteiger partial charge on any atom is 0.238 e. The molecule has 4 nitrogen and oxygen atoms in total. The number of nitrogens with one attached hydrogen (secondary N) is 2. The second-order valence-corrected chi connectivity index (χ2v) is 3.49. The molecule has 0 aliphatic carbocycles. The first-order valence-corrected chi connectivity index (χ1v) is 5.18. The molecule has 0 fully saturated rings. The summed E-state index contributed by atoms with van der Waals surface area (Å²) in [6.45, 7) is 2.02. The van der Waals surface area contributed by atoms with Gasteiger partial charge >= 0.3 is 0 Å². The van der Waals surface area contributed by atoms with E-state index in [-0.39, 0.29) is 18.2 Å². The van der Waals surface area contributed by atoms with E-state index >= 15 is 0 Å². The molecule has 0 bridgehead atoms. The Morgan fingerprint density at radius 2 is 1.94 bits per heavy atom. The summed E-state index contributed by atoms with van der Waals surface area (Å²) in [4.78, 5) is 22.4. The van der Waals surface area contributed by atoms with E-state index in [1.165, 1.54) is 6.92 Å². The van der Waals surface area contributed by atoms with E-state index in [4.69, 9.17) is 6.42 Å². The highest BCUT2D eigenvalue weighted by Crippen LogP contribution is 2.09. The number of anilines is 1. The lowest BCUT2D eigenvalue weighted by Crippen LogP contribution is -2.28. The topological polar surface area (TPSA) is 58.2 Å². The summed E-state index contributed by atoms with van der Waals surface area (Å²) in [7, 11) is 0. The molecule has 2 N–H and O–H groups in total. The summed E-state index contributed by atoms with van der Waals surface area (Å²) in [6.07, 6.45) is 5.04. The molecular weight excluding hydrogens is 216 g/mol. The van der Waals surface area contributed by atoms with Crippen LogP contribution in [0.1, 0.15) is 17.3 Å². The lowest BCUT2D eigenvalue weighted by molar-refractivity contribution is -0.115. The number of carbonyl (C=O) groups is 2. The Kier molecular flexibility index (Phi) is 4.92. The molecule has 1 aromatic rings. The lowest BCUT2D eigenvalue weighted by atomic mass is 10.1. The lowest BCUT2D eigenvalue weighted by Gasteiger charge is -2.05. The molecule has 0 radical (unpaired) electrons. The molecule has 0 spiro atoms. The molecule has 0 aliphatic rings. The molecule has 0 aromatic heterocycles. The number of Topliss-reactive ketones (excluding diaryl/α,β-unsaturated/α-hetero) is 1. The molecule has 0 aliphatic heterocycles. The monoisotopic (exact) mass is 230 g/mol. The minimum absolute atomic E-state index is 0.00133. The minimum atomic E-state index is -0.171. The van der Waals surface area contributed by atoms with E-state index in [1.807, 2.05) is 0 Å². The van der Waals surface area contributed by atoms with Gasteiger partial charge in [-0.05, 0) is 31.2 Å². The van der Waals surface area contributed by atoms with Crippen molar-refractivity contribution in [3.8, 4) is 12.3 Å². The highest BCUT2D eigenvalue weighted by molar-refractivity contribution is 5.96. The maximum absolute atomic E-state index is 11.4. The summed E-state index contributed by atoms with van der Waals surface area (Å²) < 4.78 is 0. The summed E-state index contributed by atoms with van der Waals surface area (Å²) in [5.41, 5.74) is 1.27. The molecule has 0 unspecified atom stereocenters. The van der Waals surface area contributed by atoms with Crippen LogP contribution in [0.25, 0.3) is 0 Å². The zero-order valence-corrected chi connectivity index (χ0v) is 9.62. The Bertz CT molecular complexity index is 443. The fourth-order valence-electron chi connectivity index (χ4n) is 1.24. The van der Waals surface area contributed by atoms with Crippen LogP contribution in [0.2, 0.25) is 0 Å². The Morgan fingerprint density at radius 1 is 1.29 bits per heavy atom. The highest BCUT2D eigenvalue weighted by atomic mass is 16.2. The third kappa shape index (κ3) is 4.49. The van der Waals surface area contributed by atoms with Crippen LogP contribution in [-0.2, 0) is 4.79 Å². The number of terminal acetylenes is 1. The molecule has 0 saturated heterocycles. The van der Waals surface area contributed by atoms with Crippen LogP contribution in [0.3, 0.4) is 0 Å². The smallest absolute Gasteiger partial charge is 0.238 e. The van der Waals surface area contributed by atoms with Gasteiger partial charge in [-0.3, -0.25) is 14.9 Å². The van der Waals surface area contributed by atoms with Crippen molar-refractivity contribution in [2.24, 2.45) is 0 Å². The van der Waals surface area contributed by atoms with Crippen LogP contribution in [0.15, 0.2) is 24.3 Å². The van der Waals surface area contributed by atoms with Gasteiger partial charge in [-0.2, -0.15) is 0 Å².